The summed E-state index contributed by atoms with van der Waals surface area (Å²) in [6.45, 7) is 0. The van der Waals surface area contributed by atoms with E-state index in [4.69, 9.17) is 0 Å². The Morgan fingerprint density at radius 1 is 0.926 bits per heavy atom. The van der Waals surface area contributed by atoms with Crippen LogP contribution in [0.3, 0.4) is 0 Å². The molecule has 0 aliphatic heterocycles. The molecule has 136 valence electrons. The van der Waals surface area contributed by atoms with Crippen molar-refractivity contribution in [3.63, 3.8) is 0 Å². The topological polar surface area (TPSA) is 59.1 Å². The van der Waals surface area contributed by atoms with Crippen molar-refractivity contribution >= 4 is 28.3 Å². The van der Waals surface area contributed by atoms with E-state index >= 15 is 0 Å². The highest BCUT2D eigenvalue weighted by atomic mass is 16.2. The maximum absolute atomic E-state index is 12.5. The average Bonchev–Trinajstić information content (AvgIpc) is 2.72. The van der Waals surface area contributed by atoms with Crippen LogP contribution in [0, 0.1) is 0 Å². The highest BCUT2D eigenvalue weighted by Gasteiger charge is 2.14. The highest BCUT2D eigenvalue weighted by molar-refractivity contribution is 6.03. The van der Waals surface area contributed by atoms with Crippen LogP contribution in [-0.2, 0) is 17.6 Å². The number of benzene rings is 2. The normalized spacial score (nSPS) is 13.2. The predicted octanol–water partition coefficient (Wildman–Crippen LogP) is 4.72. The van der Waals surface area contributed by atoms with Gasteiger partial charge in [0.25, 0.3) is 0 Å². The zero-order chi connectivity index (χ0) is 18.6. The molecule has 0 spiro atoms. The Morgan fingerprint density at radius 2 is 1.74 bits per heavy atom. The quantitative estimate of drug-likeness (QED) is 0.672. The number of fused-ring (bicyclic) bond motifs is 2. The number of rotatable bonds is 5. The van der Waals surface area contributed by atoms with Crippen LogP contribution in [0.25, 0.3) is 10.9 Å². The largest absolute Gasteiger partial charge is 0.324 e. The number of carbonyl (C=O) groups excluding carboxylic acids is 2. The van der Waals surface area contributed by atoms with Crippen LogP contribution in [0.2, 0.25) is 0 Å². The zero-order valence-electron chi connectivity index (χ0n) is 15.2. The van der Waals surface area contributed by atoms with Gasteiger partial charge in [-0.3, -0.25) is 14.6 Å². The Hall–Kier alpha value is -3.01. The van der Waals surface area contributed by atoms with E-state index in [0.717, 1.165) is 29.3 Å². The third-order valence-corrected chi connectivity index (χ3v) is 5.16. The fourth-order valence-electron chi connectivity index (χ4n) is 3.70. The van der Waals surface area contributed by atoms with Gasteiger partial charge in [0.05, 0.1) is 11.2 Å². The van der Waals surface area contributed by atoms with Crippen LogP contribution < -0.4 is 5.32 Å². The predicted molar refractivity (Wildman–Crippen MR) is 107 cm³/mol. The first-order chi connectivity index (χ1) is 13.2. The molecule has 0 atom stereocenters. The van der Waals surface area contributed by atoms with Gasteiger partial charge in [0.1, 0.15) is 0 Å². The summed E-state index contributed by atoms with van der Waals surface area (Å²) < 4.78 is 0. The summed E-state index contributed by atoms with van der Waals surface area (Å²) in [5, 5.41) is 3.86. The lowest BCUT2D eigenvalue weighted by atomic mass is 9.89. The molecule has 1 aromatic heterocycles. The molecule has 4 heteroatoms. The zero-order valence-corrected chi connectivity index (χ0v) is 15.2. The minimum absolute atomic E-state index is 0.0227. The number of hydrogen-bond acceptors (Lipinski definition) is 3. The van der Waals surface area contributed by atoms with Gasteiger partial charge in [0.15, 0.2) is 5.78 Å². The van der Waals surface area contributed by atoms with Crippen molar-refractivity contribution < 1.29 is 9.59 Å². The van der Waals surface area contributed by atoms with Gasteiger partial charge in [-0.25, -0.2) is 0 Å². The molecule has 0 fully saturated rings. The number of aromatic nitrogens is 1. The van der Waals surface area contributed by atoms with Crippen molar-refractivity contribution in [2.75, 3.05) is 5.32 Å². The number of anilines is 1. The average molecular weight is 358 g/mol. The lowest BCUT2D eigenvalue weighted by Gasteiger charge is -2.16. The van der Waals surface area contributed by atoms with Crippen molar-refractivity contribution in [2.45, 2.75) is 38.5 Å². The molecule has 1 heterocycles. The monoisotopic (exact) mass is 358 g/mol. The van der Waals surface area contributed by atoms with E-state index in [1.54, 1.807) is 6.20 Å². The van der Waals surface area contributed by atoms with E-state index in [-0.39, 0.29) is 24.5 Å². The molecule has 3 aromatic rings. The van der Waals surface area contributed by atoms with E-state index in [1.807, 2.05) is 42.5 Å². The first-order valence-corrected chi connectivity index (χ1v) is 9.49. The first-order valence-electron chi connectivity index (χ1n) is 9.49. The summed E-state index contributed by atoms with van der Waals surface area (Å²) in [7, 11) is 0. The number of amides is 1. The Kier molecular flexibility index (Phi) is 4.97. The van der Waals surface area contributed by atoms with Crippen molar-refractivity contribution in [2.24, 2.45) is 0 Å². The molecule has 1 N–H and O–H groups in total. The molecule has 1 aliphatic carbocycles. The number of pyridine rings is 1. The molecule has 1 amide bonds. The number of para-hydroxylation sites is 1. The Morgan fingerprint density at radius 3 is 2.63 bits per heavy atom. The van der Waals surface area contributed by atoms with Crippen LogP contribution in [-0.4, -0.2) is 16.7 Å². The maximum atomic E-state index is 12.5. The van der Waals surface area contributed by atoms with Gasteiger partial charge in [-0.15, -0.1) is 0 Å². The van der Waals surface area contributed by atoms with Gasteiger partial charge in [0.2, 0.25) is 5.91 Å². The van der Waals surface area contributed by atoms with E-state index in [0.29, 0.717) is 5.69 Å². The summed E-state index contributed by atoms with van der Waals surface area (Å²) in [6, 6.07) is 15.5. The van der Waals surface area contributed by atoms with Crippen LogP contribution >= 0.6 is 0 Å². The fraction of sp³-hybridized carbons (Fsp3) is 0.261. The van der Waals surface area contributed by atoms with Gasteiger partial charge in [-0.1, -0.05) is 30.3 Å². The second kappa shape index (κ2) is 7.70. The van der Waals surface area contributed by atoms with Crippen molar-refractivity contribution in [3.05, 3.63) is 71.4 Å². The van der Waals surface area contributed by atoms with Crippen molar-refractivity contribution in [1.82, 2.24) is 4.98 Å². The minimum atomic E-state index is -0.167. The molecule has 0 saturated carbocycles. The molecule has 0 radical (unpaired) electrons. The van der Waals surface area contributed by atoms with Crippen LogP contribution in [0.15, 0.2) is 54.7 Å². The molecule has 1 aliphatic rings. The smallest absolute Gasteiger partial charge is 0.224 e. The molecular formula is C23H22N2O2. The third kappa shape index (κ3) is 3.90. The van der Waals surface area contributed by atoms with Gasteiger partial charge in [-0.2, -0.15) is 0 Å². The molecule has 0 saturated heterocycles. The Labute approximate surface area is 158 Å². The molecule has 4 rings (SSSR count). The van der Waals surface area contributed by atoms with Gasteiger partial charge in [-0.05, 0) is 55.0 Å². The lowest BCUT2D eigenvalue weighted by Crippen LogP contribution is -2.14. The van der Waals surface area contributed by atoms with Crippen LogP contribution in [0.4, 0.5) is 5.69 Å². The summed E-state index contributed by atoms with van der Waals surface area (Å²) in [5.41, 5.74) is 4.81. The second-order valence-electron chi connectivity index (χ2n) is 7.04. The van der Waals surface area contributed by atoms with Crippen LogP contribution in [0.5, 0.6) is 0 Å². The molecule has 0 unspecified atom stereocenters. The number of aryl methyl sites for hydroxylation is 2. The molecule has 2 aromatic carbocycles. The van der Waals surface area contributed by atoms with Gasteiger partial charge < -0.3 is 5.32 Å². The first kappa shape index (κ1) is 17.4. The minimum Gasteiger partial charge on any atom is -0.324 e. The Balaban J connectivity index is 1.39. The van der Waals surface area contributed by atoms with E-state index in [2.05, 4.69) is 16.4 Å². The van der Waals surface area contributed by atoms with Crippen molar-refractivity contribution in [1.29, 1.82) is 0 Å². The summed E-state index contributed by atoms with van der Waals surface area (Å²) in [6.07, 6.45) is 6.64. The number of ketones is 1. The molecular weight excluding hydrogens is 336 g/mol. The SMILES string of the molecule is O=C(CCC(=O)c1ccc2c(c1)CCCC2)Nc1cccc2cccnc12. The van der Waals surface area contributed by atoms with Crippen LogP contribution in [0.1, 0.15) is 47.2 Å². The van der Waals surface area contributed by atoms with E-state index < -0.39 is 0 Å². The van der Waals surface area contributed by atoms with Crippen molar-refractivity contribution in [3.8, 4) is 0 Å². The maximum Gasteiger partial charge on any atom is 0.224 e. The van der Waals surface area contributed by atoms with Gasteiger partial charge >= 0.3 is 0 Å². The fourth-order valence-corrected chi connectivity index (χ4v) is 3.70. The summed E-state index contributed by atoms with van der Waals surface area (Å²) in [4.78, 5) is 29.2. The highest BCUT2D eigenvalue weighted by Crippen LogP contribution is 2.23. The lowest BCUT2D eigenvalue weighted by molar-refractivity contribution is -0.116. The molecule has 27 heavy (non-hydrogen) atoms. The van der Waals surface area contributed by atoms with E-state index in [9.17, 15) is 9.59 Å². The standard InChI is InChI=1S/C23H22N2O2/c26-21(19-11-10-16-5-1-2-6-18(16)15-19)12-13-22(27)25-20-9-3-7-17-8-4-14-24-23(17)20/h3-4,7-11,14-15H,1-2,5-6,12-13H2,(H,25,27). The summed E-state index contributed by atoms with van der Waals surface area (Å²) in [5.74, 6) is -0.144. The Bertz CT molecular complexity index is 1000. The number of nitrogens with zero attached hydrogens (tertiary/aromatic N) is 1. The number of carbonyl (C=O) groups is 2. The molecule has 4 nitrogen and oxygen atoms in total. The molecule has 0 bridgehead atoms. The van der Waals surface area contributed by atoms with E-state index in [1.165, 1.54) is 24.0 Å². The third-order valence-electron chi connectivity index (χ3n) is 5.16. The second-order valence-corrected chi connectivity index (χ2v) is 7.04. The summed E-state index contributed by atoms with van der Waals surface area (Å²) >= 11 is 0. The number of nitrogens with one attached hydrogen (secondary N) is 1. The number of hydrogen-bond donors (Lipinski definition) is 1. The number of Topliss-reactive ketones (excluding diaryl/α,β-unsaturated/α-hetero) is 1. The van der Waals surface area contributed by atoms with Gasteiger partial charge in [0, 0.05) is 30.0 Å².